The highest BCUT2D eigenvalue weighted by atomic mass is 16.6. The summed E-state index contributed by atoms with van der Waals surface area (Å²) in [5, 5.41) is 50.6. The predicted molar refractivity (Wildman–Crippen MR) is 136 cm³/mol. The van der Waals surface area contributed by atoms with Crippen LogP contribution in [-0.4, -0.2) is 80.3 Å². The van der Waals surface area contributed by atoms with Gasteiger partial charge in [0.1, 0.15) is 24.4 Å². The molecule has 0 aliphatic carbocycles. The Balaban J connectivity index is 1.53. The Labute approximate surface area is 215 Å². The van der Waals surface area contributed by atoms with Crippen molar-refractivity contribution in [3.05, 3.63) is 70.9 Å². The minimum absolute atomic E-state index is 0.00451. The monoisotopic (exact) mass is 513 g/mol. The molecule has 9 heteroatoms. The van der Waals surface area contributed by atoms with Gasteiger partial charge in [0, 0.05) is 31.0 Å². The molecular weight excluding hydrogens is 478 g/mol. The number of hydrogen-bond acceptors (Lipinski definition) is 8. The van der Waals surface area contributed by atoms with E-state index < -0.39 is 37.3 Å². The van der Waals surface area contributed by atoms with Gasteiger partial charge in [0.15, 0.2) is 6.23 Å². The Kier molecular flexibility index (Phi) is 8.96. The van der Waals surface area contributed by atoms with E-state index in [1.165, 1.54) is 0 Å². The molecule has 1 aromatic heterocycles. The van der Waals surface area contributed by atoms with Gasteiger partial charge < -0.3 is 39.6 Å². The van der Waals surface area contributed by atoms with E-state index in [0.717, 1.165) is 33.2 Å². The average Bonchev–Trinajstić information content (AvgIpc) is 3.26. The molecule has 5 atom stereocenters. The Morgan fingerprint density at radius 1 is 1.00 bits per heavy atom. The van der Waals surface area contributed by atoms with Crippen molar-refractivity contribution in [1.82, 2.24) is 4.57 Å². The lowest BCUT2D eigenvalue weighted by Gasteiger charge is -2.40. The van der Waals surface area contributed by atoms with E-state index in [9.17, 15) is 25.2 Å². The van der Waals surface area contributed by atoms with E-state index in [2.05, 4.69) is 0 Å². The molecule has 1 aliphatic rings. The Morgan fingerprint density at radius 2 is 1.73 bits per heavy atom. The highest BCUT2D eigenvalue weighted by Gasteiger charge is 2.44. The number of aryl methyl sites for hydroxylation is 2. The molecule has 2 heterocycles. The maximum Gasteiger partial charge on any atom is 0.306 e. The van der Waals surface area contributed by atoms with Crippen molar-refractivity contribution in [2.75, 3.05) is 19.8 Å². The first-order valence-corrected chi connectivity index (χ1v) is 12.6. The van der Waals surface area contributed by atoms with E-state index >= 15 is 0 Å². The molecule has 0 unspecified atom stereocenters. The largest absolute Gasteiger partial charge is 0.466 e. The van der Waals surface area contributed by atoms with Crippen LogP contribution < -0.4 is 0 Å². The van der Waals surface area contributed by atoms with Gasteiger partial charge in [-0.25, -0.2) is 0 Å². The van der Waals surface area contributed by atoms with Gasteiger partial charge in [-0.15, -0.1) is 0 Å². The molecular formula is C28H35NO8. The third kappa shape index (κ3) is 6.04. The fourth-order valence-electron chi connectivity index (χ4n) is 4.86. The van der Waals surface area contributed by atoms with Crippen LogP contribution in [0.1, 0.15) is 41.3 Å². The topological polar surface area (TPSA) is 142 Å². The summed E-state index contributed by atoms with van der Waals surface area (Å²) in [6.45, 7) is 1.74. The molecule has 9 nitrogen and oxygen atoms in total. The van der Waals surface area contributed by atoms with Crippen LogP contribution in [-0.2, 0) is 27.1 Å². The number of esters is 1. The van der Waals surface area contributed by atoms with Crippen LogP contribution in [0.25, 0.3) is 10.9 Å². The second-order valence-corrected chi connectivity index (χ2v) is 9.54. The van der Waals surface area contributed by atoms with Gasteiger partial charge in [-0.05, 0) is 48.1 Å². The van der Waals surface area contributed by atoms with Gasteiger partial charge in [0.05, 0.1) is 18.7 Å². The molecule has 0 radical (unpaired) electrons. The van der Waals surface area contributed by atoms with E-state index in [1.807, 2.05) is 55.6 Å². The fourth-order valence-corrected chi connectivity index (χ4v) is 4.86. The molecule has 3 aromatic rings. The van der Waals surface area contributed by atoms with Crippen molar-refractivity contribution in [3.63, 3.8) is 0 Å². The number of fused-ring (bicyclic) bond motifs is 1. The van der Waals surface area contributed by atoms with Crippen LogP contribution in [0.3, 0.4) is 0 Å². The van der Waals surface area contributed by atoms with Crippen molar-refractivity contribution in [1.29, 1.82) is 0 Å². The van der Waals surface area contributed by atoms with Gasteiger partial charge in [-0.2, -0.15) is 0 Å². The zero-order valence-electron chi connectivity index (χ0n) is 20.9. The molecule has 1 aliphatic heterocycles. The summed E-state index contributed by atoms with van der Waals surface area (Å²) in [5.74, 6) is -0.283. The van der Waals surface area contributed by atoms with E-state index in [1.54, 1.807) is 4.57 Å². The van der Waals surface area contributed by atoms with Crippen LogP contribution >= 0.6 is 0 Å². The van der Waals surface area contributed by atoms with Crippen molar-refractivity contribution in [2.45, 2.75) is 63.3 Å². The molecule has 0 amide bonds. The summed E-state index contributed by atoms with van der Waals surface area (Å²) in [6, 6.07) is 13.8. The smallest absolute Gasteiger partial charge is 0.306 e. The number of aromatic nitrogens is 1. The summed E-state index contributed by atoms with van der Waals surface area (Å²) in [6.07, 6.45) is -2.45. The Morgan fingerprint density at radius 3 is 2.43 bits per heavy atom. The molecule has 5 N–H and O–H groups in total. The standard InChI is InChI=1S/C28H35NO8/c1-17-4-2-5-21-24(17)20(15-29(21)28-27(35)26(34)25(33)22(16-31)37-28)14-19-8-6-18(7-9-19)10-11-23(32)36-13-3-12-30/h2,4-9,15,22,25-28,30-31,33-35H,3,10-14,16H2,1H3/t22-,25-,26+,27-,28-/m1/s1. The molecule has 0 saturated carbocycles. The van der Waals surface area contributed by atoms with Gasteiger partial charge in [0.25, 0.3) is 0 Å². The highest BCUT2D eigenvalue weighted by molar-refractivity contribution is 5.87. The third-order valence-corrected chi connectivity index (χ3v) is 6.89. The van der Waals surface area contributed by atoms with Gasteiger partial charge in [-0.1, -0.05) is 36.4 Å². The van der Waals surface area contributed by atoms with Crippen LogP contribution in [0.4, 0.5) is 0 Å². The number of nitrogens with zero attached hydrogens (tertiary/aromatic N) is 1. The first-order chi connectivity index (χ1) is 17.8. The highest BCUT2D eigenvalue weighted by Crippen LogP contribution is 2.35. The zero-order chi connectivity index (χ0) is 26.5. The Hall–Kier alpha value is -2.79. The summed E-state index contributed by atoms with van der Waals surface area (Å²) in [7, 11) is 0. The third-order valence-electron chi connectivity index (χ3n) is 6.89. The normalized spacial score (nSPS) is 23.9. The minimum atomic E-state index is -1.46. The van der Waals surface area contributed by atoms with Crippen LogP contribution in [0.5, 0.6) is 0 Å². The summed E-state index contributed by atoms with van der Waals surface area (Å²) in [5.41, 5.74) is 4.95. The molecule has 1 saturated heterocycles. The number of ether oxygens (including phenoxy) is 2. The second kappa shape index (κ2) is 12.2. The summed E-state index contributed by atoms with van der Waals surface area (Å²) in [4.78, 5) is 11.8. The maximum absolute atomic E-state index is 11.8. The number of aliphatic hydroxyl groups excluding tert-OH is 5. The molecule has 37 heavy (non-hydrogen) atoms. The number of carbonyl (C=O) groups excluding carboxylic acids is 1. The van der Waals surface area contributed by atoms with Crippen molar-refractivity contribution < 1.29 is 39.8 Å². The number of benzene rings is 2. The lowest BCUT2D eigenvalue weighted by atomic mass is 9.98. The maximum atomic E-state index is 11.8. The van der Waals surface area contributed by atoms with Crippen molar-refractivity contribution in [3.8, 4) is 0 Å². The molecule has 2 aromatic carbocycles. The first-order valence-electron chi connectivity index (χ1n) is 12.6. The summed E-state index contributed by atoms with van der Waals surface area (Å²) < 4.78 is 12.7. The second-order valence-electron chi connectivity index (χ2n) is 9.54. The number of hydrogen-bond donors (Lipinski definition) is 5. The average molecular weight is 514 g/mol. The van der Waals surface area contributed by atoms with E-state index in [0.29, 0.717) is 19.3 Å². The molecule has 200 valence electrons. The molecule has 1 fully saturated rings. The predicted octanol–water partition coefficient (Wildman–Crippen LogP) is 1.37. The molecule has 0 spiro atoms. The van der Waals surface area contributed by atoms with E-state index in [4.69, 9.17) is 14.6 Å². The molecule has 4 rings (SSSR count). The quantitative estimate of drug-likeness (QED) is 0.202. The zero-order valence-corrected chi connectivity index (χ0v) is 20.9. The van der Waals surface area contributed by atoms with Gasteiger partial charge in [-0.3, -0.25) is 4.79 Å². The fraction of sp³-hybridized carbons (Fsp3) is 0.464. The number of aliphatic hydroxyl groups is 5. The lowest BCUT2D eigenvalue weighted by molar-refractivity contribution is -0.250. The summed E-state index contributed by atoms with van der Waals surface area (Å²) >= 11 is 0. The Bertz CT molecular complexity index is 1190. The van der Waals surface area contributed by atoms with Crippen LogP contribution in [0, 0.1) is 6.92 Å². The lowest BCUT2D eigenvalue weighted by Crippen LogP contribution is -2.56. The SMILES string of the molecule is Cc1cccc2c1c(Cc1ccc(CCC(=O)OCCCO)cc1)cn2[C@@H]1O[C@H](CO)[C@@H](O)[C@H](O)[C@H]1O. The number of rotatable bonds is 10. The van der Waals surface area contributed by atoms with E-state index in [-0.39, 0.29) is 25.6 Å². The van der Waals surface area contributed by atoms with Gasteiger partial charge in [0.2, 0.25) is 0 Å². The van der Waals surface area contributed by atoms with Gasteiger partial charge >= 0.3 is 5.97 Å². The van der Waals surface area contributed by atoms with Crippen molar-refractivity contribution in [2.24, 2.45) is 0 Å². The first kappa shape index (κ1) is 27.3. The minimum Gasteiger partial charge on any atom is -0.466 e. The van der Waals surface area contributed by atoms with Crippen molar-refractivity contribution >= 4 is 16.9 Å². The number of carbonyl (C=O) groups is 1. The van der Waals surface area contributed by atoms with Crippen LogP contribution in [0.15, 0.2) is 48.7 Å². The molecule has 0 bridgehead atoms. The van der Waals surface area contributed by atoms with Crippen LogP contribution in [0.2, 0.25) is 0 Å².